The van der Waals surface area contributed by atoms with Gasteiger partial charge in [0.05, 0.1) is 0 Å². The lowest BCUT2D eigenvalue weighted by Gasteiger charge is -2.37. The molecule has 2 N–H and O–H groups in total. The highest BCUT2D eigenvalue weighted by molar-refractivity contribution is 6.30. The highest BCUT2D eigenvalue weighted by Crippen LogP contribution is 2.32. The third-order valence-electron chi connectivity index (χ3n) is 4.29. The number of aromatic amines is 1. The Morgan fingerprint density at radius 3 is 2.74 bits per heavy atom. The number of halogens is 1. The lowest BCUT2D eigenvalue weighted by Crippen LogP contribution is -2.46. The summed E-state index contributed by atoms with van der Waals surface area (Å²) in [5, 5.41) is 12.4. The zero-order chi connectivity index (χ0) is 16.4. The summed E-state index contributed by atoms with van der Waals surface area (Å²) < 4.78 is 5.19. The minimum atomic E-state index is -0.919. The smallest absolute Gasteiger partial charge is 0.407 e. The molecular weight excluding hydrogens is 320 g/mol. The molecule has 2 atom stereocenters. The summed E-state index contributed by atoms with van der Waals surface area (Å²) in [6.07, 6.45) is 0.951. The van der Waals surface area contributed by atoms with Gasteiger partial charge in [-0.15, -0.1) is 0 Å². The molecule has 0 radical (unpaired) electrons. The summed E-state index contributed by atoms with van der Waals surface area (Å²) >= 11 is 5.89. The van der Waals surface area contributed by atoms with Crippen LogP contribution in [0.1, 0.15) is 30.1 Å². The van der Waals surface area contributed by atoms with E-state index in [9.17, 15) is 14.7 Å². The van der Waals surface area contributed by atoms with Gasteiger partial charge in [-0.25, -0.2) is 4.79 Å². The van der Waals surface area contributed by atoms with E-state index in [0.717, 1.165) is 5.56 Å². The van der Waals surface area contributed by atoms with Crippen LogP contribution in [0.15, 0.2) is 39.6 Å². The molecule has 3 rings (SSSR count). The molecule has 1 aromatic carbocycles. The van der Waals surface area contributed by atoms with Gasteiger partial charge in [0.15, 0.2) is 0 Å². The molecule has 2 aromatic rings. The Morgan fingerprint density at radius 2 is 2.13 bits per heavy atom. The van der Waals surface area contributed by atoms with Crippen LogP contribution in [0.5, 0.6) is 0 Å². The summed E-state index contributed by atoms with van der Waals surface area (Å²) in [5.41, 5.74) is 0.761. The lowest BCUT2D eigenvalue weighted by atomic mass is 9.86. The molecule has 122 valence electrons. The second-order valence-corrected chi connectivity index (χ2v) is 6.23. The molecule has 1 saturated heterocycles. The third-order valence-corrected chi connectivity index (χ3v) is 4.54. The Labute approximate surface area is 137 Å². The van der Waals surface area contributed by atoms with Crippen molar-refractivity contribution >= 4 is 17.7 Å². The van der Waals surface area contributed by atoms with Gasteiger partial charge in [-0.3, -0.25) is 4.79 Å². The van der Waals surface area contributed by atoms with Crippen molar-refractivity contribution in [2.24, 2.45) is 0 Å². The van der Waals surface area contributed by atoms with E-state index in [-0.39, 0.29) is 17.5 Å². The van der Waals surface area contributed by atoms with Gasteiger partial charge >= 0.3 is 6.09 Å². The highest BCUT2D eigenvalue weighted by atomic mass is 35.5. The number of piperidine rings is 1. The normalized spacial score (nSPS) is 21.3. The monoisotopic (exact) mass is 336 g/mol. The van der Waals surface area contributed by atoms with Gasteiger partial charge < -0.3 is 14.5 Å². The number of benzene rings is 1. The first-order chi connectivity index (χ1) is 11.0. The van der Waals surface area contributed by atoms with E-state index in [1.54, 1.807) is 12.1 Å². The Bertz CT molecular complexity index is 737. The molecule has 0 spiro atoms. The van der Waals surface area contributed by atoms with Crippen molar-refractivity contribution in [3.05, 3.63) is 57.0 Å². The molecule has 1 amide bonds. The van der Waals surface area contributed by atoms with Gasteiger partial charge in [0.1, 0.15) is 5.76 Å². The van der Waals surface area contributed by atoms with Crippen LogP contribution >= 0.6 is 11.6 Å². The molecule has 23 heavy (non-hydrogen) atoms. The van der Waals surface area contributed by atoms with E-state index in [4.69, 9.17) is 16.1 Å². The van der Waals surface area contributed by atoms with Crippen LogP contribution in [0.2, 0.25) is 5.02 Å². The highest BCUT2D eigenvalue weighted by Gasteiger charge is 2.33. The number of carboxylic acid groups (broad SMARTS) is 1. The van der Waals surface area contributed by atoms with Crippen molar-refractivity contribution in [2.45, 2.75) is 31.2 Å². The summed E-state index contributed by atoms with van der Waals surface area (Å²) in [6, 6.07) is 8.69. The van der Waals surface area contributed by atoms with E-state index in [1.165, 1.54) is 11.0 Å². The molecular formula is C16H17ClN2O4. The SMILES string of the molecule is O=C(O)N1CC[C@H](c2cc(=O)[nH]o2)C[C@@H]1Cc1ccc(Cl)cc1. The first-order valence-electron chi connectivity index (χ1n) is 7.45. The van der Waals surface area contributed by atoms with Crippen molar-refractivity contribution in [3.63, 3.8) is 0 Å². The summed E-state index contributed by atoms with van der Waals surface area (Å²) in [5.74, 6) is 0.642. The van der Waals surface area contributed by atoms with Crippen molar-refractivity contribution in [2.75, 3.05) is 6.54 Å². The van der Waals surface area contributed by atoms with Crippen LogP contribution in [-0.4, -0.2) is 33.8 Å². The van der Waals surface area contributed by atoms with Gasteiger partial charge in [0, 0.05) is 29.6 Å². The minimum absolute atomic E-state index is 0.0434. The number of H-pyrrole nitrogens is 1. The number of nitrogens with zero attached hydrogens (tertiary/aromatic N) is 1. The molecule has 7 heteroatoms. The fourth-order valence-corrected chi connectivity index (χ4v) is 3.27. The average Bonchev–Trinajstić information content (AvgIpc) is 2.96. The van der Waals surface area contributed by atoms with Crippen molar-refractivity contribution < 1.29 is 14.4 Å². The summed E-state index contributed by atoms with van der Waals surface area (Å²) in [4.78, 5) is 24.2. The number of carbonyl (C=O) groups is 1. The number of rotatable bonds is 3. The zero-order valence-electron chi connectivity index (χ0n) is 12.4. The van der Waals surface area contributed by atoms with E-state index < -0.39 is 6.09 Å². The molecule has 1 aromatic heterocycles. The number of hydrogen-bond acceptors (Lipinski definition) is 3. The first-order valence-corrected chi connectivity index (χ1v) is 7.83. The lowest BCUT2D eigenvalue weighted by molar-refractivity contribution is 0.0968. The van der Waals surface area contributed by atoms with Gasteiger partial charge in [0.25, 0.3) is 5.56 Å². The fourth-order valence-electron chi connectivity index (χ4n) is 3.15. The van der Waals surface area contributed by atoms with E-state index in [0.29, 0.717) is 36.6 Å². The number of aromatic nitrogens is 1. The molecule has 1 aliphatic heterocycles. The van der Waals surface area contributed by atoms with E-state index >= 15 is 0 Å². The van der Waals surface area contributed by atoms with Crippen LogP contribution in [0, 0.1) is 0 Å². The minimum Gasteiger partial charge on any atom is -0.465 e. The van der Waals surface area contributed by atoms with Crippen LogP contribution in [0.25, 0.3) is 0 Å². The topological polar surface area (TPSA) is 86.5 Å². The Kier molecular flexibility index (Phi) is 4.43. The molecule has 0 bridgehead atoms. The quantitative estimate of drug-likeness (QED) is 0.901. The Balaban J connectivity index is 1.78. The van der Waals surface area contributed by atoms with E-state index in [1.807, 2.05) is 12.1 Å². The van der Waals surface area contributed by atoms with Gasteiger partial charge in [0.2, 0.25) is 0 Å². The Morgan fingerprint density at radius 1 is 1.39 bits per heavy atom. The predicted molar refractivity (Wildman–Crippen MR) is 85.0 cm³/mol. The molecule has 1 aliphatic rings. The second-order valence-electron chi connectivity index (χ2n) is 5.80. The summed E-state index contributed by atoms with van der Waals surface area (Å²) in [6.45, 7) is 0.424. The van der Waals surface area contributed by atoms with Gasteiger partial charge in [-0.05, 0) is 37.0 Å². The number of likely N-dealkylation sites (tertiary alicyclic amines) is 1. The van der Waals surface area contributed by atoms with Crippen molar-refractivity contribution in [3.8, 4) is 0 Å². The second kappa shape index (κ2) is 6.50. The number of nitrogens with one attached hydrogen (secondary N) is 1. The van der Waals surface area contributed by atoms with Crippen LogP contribution in [-0.2, 0) is 6.42 Å². The molecule has 0 saturated carbocycles. The first kappa shape index (κ1) is 15.7. The molecule has 0 unspecified atom stereocenters. The van der Waals surface area contributed by atoms with Crippen LogP contribution in [0.4, 0.5) is 4.79 Å². The maximum Gasteiger partial charge on any atom is 0.407 e. The zero-order valence-corrected chi connectivity index (χ0v) is 13.1. The standard InChI is InChI=1S/C16H17ClN2O4/c17-12-3-1-10(2-4-12)7-13-8-11(5-6-19(13)16(21)22)14-9-15(20)18-23-14/h1-4,9,11,13H,5-8H2,(H,18,20)(H,21,22)/t11-,13-/m0/s1. The molecule has 0 aliphatic carbocycles. The maximum absolute atomic E-state index is 11.5. The van der Waals surface area contributed by atoms with Crippen LogP contribution in [0.3, 0.4) is 0 Å². The molecule has 2 heterocycles. The third kappa shape index (κ3) is 3.59. The largest absolute Gasteiger partial charge is 0.465 e. The number of amides is 1. The molecule has 6 nitrogen and oxygen atoms in total. The van der Waals surface area contributed by atoms with Crippen molar-refractivity contribution in [1.82, 2.24) is 10.1 Å². The fraction of sp³-hybridized carbons (Fsp3) is 0.375. The number of hydrogen-bond donors (Lipinski definition) is 2. The van der Waals surface area contributed by atoms with Gasteiger partial charge in [-0.1, -0.05) is 23.7 Å². The average molecular weight is 337 g/mol. The maximum atomic E-state index is 11.5. The molecule has 1 fully saturated rings. The Hall–Kier alpha value is -2.21. The summed E-state index contributed by atoms with van der Waals surface area (Å²) in [7, 11) is 0. The van der Waals surface area contributed by atoms with Gasteiger partial charge in [-0.2, -0.15) is 5.16 Å². The predicted octanol–water partition coefficient (Wildman–Crippen LogP) is 3.09. The van der Waals surface area contributed by atoms with E-state index in [2.05, 4.69) is 5.16 Å². The van der Waals surface area contributed by atoms with Crippen molar-refractivity contribution in [1.29, 1.82) is 0 Å². The van der Waals surface area contributed by atoms with Crippen LogP contribution < -0.4 is 5.56 Å².